The molecule has 0 radical (unpaired) electrons. The van der Waals surface area contributed by atoms with Crippen LogP contribution in [0.2, 0.25) is 0 Å². The molecule has 118 valence electrons. The Morgan fingerprint density at radius 3 is 2.91 bits per heavy atom. The van der Waals surface area contributed by atoms with Gasteiger partial charge in [0.1, 0.15) is 11.3 Å². The first-order valence-electron chi connectivity index (χ1n) is 7.62. The lowest BCUT2D eigenvalue weighted by atomic mass is 10.2. The zero-order valence-electron chi connectivity index (χ0n) is 12.8. The van der Waals surface area contributed by atoms with E-state index >= 15 is 0 Å². The number of hydrogen-bond donors (Lipinski definition) is 1. The Hall–Kier alpha value is -2.69. The minimum atomic E-state index is -0.339. The molecular formula is C18H17FN2O2. The Kier molecular flexibility index (Phi) is 4.37. The number of unbranched alkanes of at least 4 members (excludes halogenated alkanes) is 1. The fraction of sp³-hybridized carbons (Fsp3) is 0.222. The molecule has 0 saturated heterocycles. The SMILES string of the molecule is CCCCC(=O)Nc1ccc2oc(-c3cccc(F)c3)nc2c1. The van der Waals surface area contributed by atoms with Crippen molar-refractivity contribution in [3.63, 3.8) is 0 Å². The van der Waals surface area contributed by atoms with Gasteiger partial charge in [-0.25, -0.2) is 9.37 Å². The third-order valence-corrected chi connectivity index (χ3v) is 3.50. The number of aromatic nitrogens is 1. The first-order valence-corrected chi connectivity index (χ1v) is 7.62. The van der Waals surface area contributed by atoms with Crippen molar-refractivity contribution < 1.29 is 13.6 Å². The summed E-state index contributed by atoms with van der Waals surface area (Å²) in [4.78, 5) is 16.1. The molecule has 1 amide bonds. The summed E-state index contributed by atoms with van der Waals surface area (Å²) in [6.45, 7) is 2.04. The number of carbonyl (C=O) groups excluding carboxylic acids is 1. The third kappa shape index (κ3) is 3.56. The number of carbonyl (C=O) groups is 1. The van der Waals surface area contributed by atoms with Crippen LogP contribution >= 0.6 is 0 Å². The third-order valence-electron chi connectivity index (χ3n) is 3.50. The number of amides is 1. The fourth-order valence-electron chi connectivity index (χ4n) is 2.31. The van der Waals surface area contributed by atoms with E-state index in [4.69, 9.17) is 4.42 Å². The van der Waals surface area contributed by atoms with E-state index in [1.807, 2.05) is 6.92 Å². The highest BCUT2D eigenvalue weighted by Crippen LogP contribution is 2.26. The summed E-state index contributed by atoms with van der Waals surface area (Å²) in [5.74, 6) is 0.00245. The summed E-state index contributed by atoms with van der Waals surface area (Å²) in [7, 11) is 0. The van der Waals surface area contributed by atoms with Crippen LogP contribution in [0.5, 0.6) is 0 Å². The molecule has 0 spiro atoms. The molecular weight excluding hydrogens is 295 g/mol. The number of fused-ring (bicyclic) bond motifs is 1. The van der Waals surface area contributed by atoms with Gasteiger partial charge in [-0.2, -0.15) is 0 Å². The number of hydrogen-bond acceptors (Lipinski definition) is 3. The largest absolute Gasteiger partial charge is 0.436 e. The maximum atomic E-state index is 13.3. The van der Waals surface area contributed by atoms with Gasteiger partial charge in [0, 0.05) is 17.7 Å². The predicted octanol–water partition coefficient (Wildman–Crippen LogP) is 4.76. The summed E-state index contributed by atoms with van der Waals surface area (Å²) in [6.07, 6.45) is 2.34. The second-order valence-electron chi connectivity index (χ2n) is 5.36. The second-order valence-corrected chi connectivity index (χ2v) is 5.36. The molecule has 1 heterocycles. The molecule has 0 atom stereocenters. The monoisotopic (exact) mass is 312 g/mol. The molecule has 1 N–H and O–H groups in total. The molecule has 23 heavy (non-hydrogen) atoms. The van der Waals surface area contributed by atoms with Gasteiger partial charge in [0.15, 0.2) is 5.58 Å². The van der Waals surface area contributed by atoms with Crippen molar-refractivity contribution in [1.29, 1.82) is 0 Å². The molecule has 3 rings (SSSR count). The Bertz CT molecular complexity index is 842. The highest BCUT2D eigenvalue weighted by molar-refractivity contribution is 5.93. The van der Waals surface area contributed by atoms with Gasteiger partial charge in [-0.3, -0.25) is 4.79 Å². The number of anilines is 1. The molecule has 5 heteroatoms. The zero-order chi connectivity index (χ0) is 16.2. The van der Waals surface area contributed by atoms with Crippen molar-refractivity contribution >= 4 is 22.7 Å². The smallest absolute Gasteiger partial charge is 0.227 e. The highest BCUT2D eigenvalue weighted by atomic mass is 19.1. The number of nitrogens with zero attached hydrogens (tertiary/aromatic N) is 1. The molecule has 0 aliphatic heterocycles. The van der Waals surface area contributed by atoms with Gasteiger partial charge in [-0.1, -0.05) is 19.4 Å². The van der Waals surface area contributed by atoms with Crippen LogP contribution in [0, 0.1) is 5.82 Å². The number of nitrogens with one attached hydrogen (secondary N) is 1. The second kappa shape index (κ2) is 6.60. The maximum absolute atomic E-state index is 13.3. The molecule has 0 aliphatic carbocycles. The van der Waals surface area contributed by atoms with Crippen molar-refractivity contribution in [1.82, 2.24) is 4.98 Å². The highest BCUT2D eigenvalue weighted by Gasteiger charge is 2.10. The summed E-state index contributed by atoms with van der Waals surface area (Å²) in [5, 5.41) is 2.85. The van der Waals surface area contributed by atoms with Crippen molar-refractivity contribution in [2.24, 2.45) is 0 Å². The lowest BCUT2D eigenvalue weighted by Crippen LogP contribution is -2.10. The Balaban J connectivity index is 1.85. The van der Waals surface area contributed by atoms with Gasteiger partial charge in [0.25, 0.3) is 0 Å². The number of benzene rings is 2. The minimum Gasteiger partial charge on any atom is -0.436 e. The zero-order valence-corrected chi connectivity index (χ0v) is 12.8. The van der Waals surface area contributed by atoms with Crippen LogP contribution < -0.4 is 5.32 Å². The van der Waals surface area contributed by atoms with Crippen molar-refractivity contribution in [3.8, 4) is 11.5 Å². The van der Waals surface area contributed by atoms with Gasteiger partial charge in [0.2, 0.25) is 11.8 Å². The summed E-state index contributed by atoms with van der Waals surface area (Å²) in [5.41, 5.74) is 2.47. The van der Waals surface area contributed by atoms with Crippen LogP contribution in [0.25, 0.3) is 22.6 Å². The van der Waals surface area contributed by atoms with Gasteiger partial charge >= 0.3 is 0 Å². The molecule has 0 saturated carbocycles. The molecule has 0 fully saturated rings. The standard InChI is InChI=1S/C18H17FN2O2/c1-2-3-7-17(22)20-14-8-9-16-15(11-14)21-18(23-16)12-5-4-6-13(19)10-12/h4-6,8-11H,2-3,7H2,1H3,(H,20,22). The Labute approximate surface area is 133 Å². The molecule has 0 unspecified atom stereocenters. The number of halogens is 1. The molecule has 0 aliphatic rings. The van der Waals surface area contributed by atoms with Crippen molar-refractivity contribution in [3.05, 3.63) is 48.3 Å². The van der Waals surface area contributed by atoms with Crippen LogP contribution in [0.1, 0.15) is 26.2 Å². The molecule has 2 aromatic carbocycles. The lowest BCUT2D eigenvalue weighted by molar-refractivity contribution is -0.116. The van der Waals surface area contributed by atoms with Crippen LogP contribution in [0.3, 0.4) is 0 Å². The Morgan fingerprint density at radius 1 is 1.26 bits per heavy atom. The van der Waals surface area contributed by atoms with E-state index in [2.05, 4.69) is 10.3 Å². The van der Waals surface area contributed by atoms with E-state index < -0.39 is 0 Å². The average Bonchev–Trinajstić information content (AvgIpc) is 2.96. The number of rotatable bonds is 5. The fourth-order valence-corrected chi connectivity index (χ4v) is 2.31. The van der Waals surface area contributed by atoms with E-state index in [-0.39, 0.29) is 11.7 Å². The summed E-state index contributed by atoms with van der Waals surface area (Å²) < 4.78 is 18.9. The molecule has 1 aromatic heterocycles. The van der Waals surface area contributed by atoms with Crippen LogP contribution in [-0.2, 0) is 4.79 Å². The average molecular weight is 312 g/mol. The van der Waals surface area contributed by atoms with Gasteiger partial charge in [-0.05, 0) is 42.8 Å². The van der Waals surface area contributed by atoms with E-state index in [0.717, 1.165) is 12.8 Å². The maximum Gasteiger partial charge on any atom is 0.227 e. The summed E-state index contributed by atoms with van der Waals surface area (Å²) >= 11 is 0. The first-order chi connectivity index (χ1) is 11.2. The van der Waals surface area contributed by atoms with E-state index in [1.165, 1.54) is 12.1 Å². The quantitative estimate of drug-likeness (QED) is 0.739. The predicted molar refractivity (Wildman–Crippen MR) is 87.6 cm³/mol. The van der Waals surface area contributed by atoms with Crippen molar-refractivity contribution in [2.75, 3.05) is 5.32 Å². The lowest BCUT2D eigenvalue weighted by Gasteiger charge is -2.03. The number of oxazole rings is 1. The van der Waals surface area contributed by atoms with Crippen LogP contribution in [0.4, 0.5) is 10.1 Å². The topological polar surface area (TPSA) is 55.1 Å². The van der Waals surface area contributed by atoms with Gasteiger partial charge < -0.3 is 9.73 Å². The van der Waals surface area contributed by atoms with E-state index in [0.29, 0.717) is 34.7 Å². The van der Waals surface area contributed by atoms with Gasteiger partial charge in [0.05, 0.1) is 0 Å². The molecule has 3 aromatic rings. The minimum absolute atomic E-state index is 0.0138. The van der Waals surface area contributed by atoms with Crippen LogP contribution in [-0.4, -0.2) is 10.9 Å². The van der Waals surface area contributed by atoms with Gasteiger partial charge in [-0.15, -0.1) is 0 Å². The normalized spacial score (nSPS) is 10.9. The Morgan fingerprint density at radius 2 is 2.13 bits per heavy atom. The summed E-state index contributed by atoms with van der Waals surface area (Å²) in [6, 6.07) is 11.4. The van der Waals surface area contributed by atoms with Crippen LogP contribution in [0.15, 0.2) is 46.9 Å². The molecule has 4 nitrogen and oxygen atoms in total. The van der Waals surface area contributed by atoms with Crippen molar-refractivity contribution in [2.45, 2.75) is 26.2 Å². The molecule has 0 bridgehead atoms. The van der Waals surface area contributed by atoms with E-state index in [9.17, 15) is 9.18 Å². The van der Waals surface area contributed by atoms with E-state index in [1.54, 1.807) is 30.3 Å². The first kappa shape index (κ1) is 15.2.